The highest BCUT2D eigenvalue weighted by Gasteiger charge is 2.62. The summed E-state index contributed by atoms with van der Waals surface area (Å²) >= 11 is 0. The van der Waals surface area contributed by atoms with Gasteiger partial charge in [-0.05, 0) is 30.6 Å². The topological polar surface area (TPSA) is 17.1 Å². The Morgan fingerprint density at radius 1 is 1.58 bits per heavy atom. The molecule has 0 aromatic carbocycles. The first-order chi connectivity index (χ1) is 5.54. The van der Waals surface area contributed by atoms with Crippen LogP contribution in [0.5, 0.6) is 0 Å². The summed E-state index contributed by atoms with van der Waals surface area (Å²) in [5.41, 5.74) is 0.184. The second kappa shape index (κ2) is 2.12. The van der Waals surface area contributed by atoms with Crippen molar-refractivity contribution in [1.82, 2.24) is 0 Å². The van der Waals surface area contributed by atoms with E-state index in [2.05, 4.69) is 20.8 Å². The third kappa shape index (κ3) is 0.641. The first kappa shape index (κ1) is 8.28. The highest BCUT2D eigenvalue weighted by Crippen LogP contribution is 2.65. The van der Waals surface area contributed by atoms with Crippen molar-refractivity contribution in [2.45, 2.75) is 39.5 Å². The van der Waals surface area contributed by atoms with Crippen LogP contribution in [0.1, 0.15) is 39.5 Å². The summed E-state index contributed by atoms with van der Waals surface area (Å²) in [5.74, 6) is 1.13. The maximum atomic E-state index is 11.8. The average molecular weight is 165 g/mol. The molecule has 2 atom stereocenters. The van der Waals surface area contributed by atoms with Gasteiger partial charge in [-0.1, -0.05) is 20.8 Å². The molecule has 1 heteroatoms. The molecule has 0 aromatic heterocycles. The van der Waals surface area contributed by atoms with Crippen LogP contribution in [0, 0.1) is 23.7 Å². The first-order valence-electron chi connectivity index (χ1n) is 4.87. The van der Waals surface area contributed by atoms with Crippen LogP contribution < -0.4 is 0 Å². The second-order valence-electron chi connectivity index (χ2n) is 4.92. The Kier molecular flexibility index (Phi) is 1.47. The van der Waals surface area contributed by atoms with Crippen LogP contribution in [0.3, 0.4) is 0 Å². The van der Waals surface area contributed by atoms with Crippen LogP contribution in [-0.2, 0) is 4.79 Å². The van der Waals surface area contributed by atoms with Crippen LogP contribution in [-0.4, -0.2) is 5.78 Å². The summed E-state index contributed by atoms with van der Waals surface area (Å²) in [6.45, 7) is 8.46. The Balaban J connectivity index is 2.46. The summed E-state index contributed by atoms with van der Waals surface area (Å²) in [6, 6.07) is 0. The molecule has 0 saturated heterocycles. The lowest BCUT2D eigenvalue weighted by Gasteiger charge is -2.35. The number of carbonyl (C=O) groups excluding carboxylic acids is 1. The van der Waals surface area contributed by atoms with Crippen LogP contribution in [0.2, 0.25) is 0 Å². The van der Waals surface area contributed by atoms with Crippen molar-refractivity contribution < 1.29 is 4.79 Å². The van der Waals surface area contributed by atoms with Gasteiger partial charge in [-0.3, -0.25) is 4.79 Å². The zero-order chi connectivity index (χ0) is 8.98. The molecule has 2 bridgehead atoms. The lowest BCUT2D eigenvalue weighted by atomic mass is 9.67. The highest BCUT2D eigenvalue weighted by atomic mass is 16.1. The summed E-state index contributed by atoms with van der Waals surface area (Å²) in [7, 11) is 0. The standard InChI is InChI=1S/C11H17O/c1-4-11-6-5-8(7-9(11)12)10(11,2)3/h8H,1,4-7H2,2-3H3. The minimum atomic E-state index is -0.0440. The molecule has 2 saturated carbocycles. The maximum Gasteiger partial charge on any atom is 0.139 e. The normalized spacial score (nSPS) is 43.9. The molecule has 12 heavy (non-hydrogen) atoms. The predicted molar refractivity (Wildman–Crippen MR) is 48.5 cm³/mol. The minimum absolute atomic E-state index is 0.0440. The van der Waals surface area contributed by atoms with Gasteiger partial charge in [0.2, 0.25) is 0 Å². The van der Waals surface area contributed by atoms with E-state index in [1.807, 2.05) is 0 Å². The Bertz CT molecular complexity index is 229. The molecular formula is C11H17O. The Hall–Kier alpha value is -0.330. The van der Waals surface area contributed by atoms with Gasteiger partial charge in [0.05, 0.1) is 0 Å². The number of ketones is 1. The molecule has 0 aromatic rings. The van der Waals surface area contributed by atoms with Gasteiger partial charge in [-0.25, -0.2) is 0 Å². The third-order valence-electron chi connectivity index (χ3n) is 4.57. The molecule has 2 rings (SSSR count). The highest BCUT2D eigenvalue weighted by molar-refractivity contribution is 5.89. The number of carbonyl (C=O) groups is 1. The number of fused-ring (bicyclic) bond motifs is 2. The number of hydrogen-bond donors (Lipinski definition) is 0. The van der Waals surface area contributed by atoms with Crippen LogP contribution in [0.15, 0.2) is 0 Å². The molecular weight excluding hydrogens is 148 g/mol. The van der Waals surface area contributed by atoms with Crippen molar-refractivity contribution in [1.29, 1.82) is 0 Å². The minimum Gasteiger partial charge on any atom is -0.299 e. The third-order valence-corrected chi connectivity index (χ3v) is 4.57. The van der Waals surface area contributed by atoms with Gasteiger partial charge in [0.15, 0.2) is 0 Å². The number of hydrogen-bond acceptors (Lipinski definition) is 1. The second-order valence-corrected chi connectivity index (χ2v) is 4.92. The molecule has 0 aliphatic heterocycles. The number of Topliss-reactive ketones (excluding diaryl/α,β-unsaturated/α-hetero) is 1. The van der Waals surface area contributed by atoms with Crippen molar-refractivity contribution in [2.24, 2.45) is 16.7 Å². The molecule has 0 heterocycles. The molecule has 1 nitrogen and oxygen atoms in total. The van der Waals surface area contributed by atoms with E-state index in [1.54, 1.807) is 0 Å². The monoisotopic (exact) mass is 165 g/mol. The van der Waals surface area contributed by atoms with Crippen LogP contribution >= 0.6 is 0 Å². The van der Waals surface area contributed by atoms with Crippen LogP contribution in [0.25, 0.3) is 0 Å². The smallest absolute Gasteiger partial charge is 0.139 e. The van der Waals surface area contributed by atoms with Gasteiger partial charge in [0.25, 0.3) is 0 Å². The molecule has 2 aliphatic carbocycles. The van der Waals surface area contributed by atoms with Gasteiger partial charge >= 0.3 is 0 Å². The van der Waals surface area contributed by atoms with E-state index >= 15 is 0 Å². The molecule has 2 aliphatic rings. The van der Waals surface area contributed by atoms with E-state index in [4.69, 9.17) is 0 Å². The van der Waals surface area contributed by atoms with E-state index in [9.17, 15) is 4.79 Å². The molecule has 0 amide bonds. The molecule has 2 unspecified atom stereocenters. The van der Waals surface area contributed by atoms with Gasteiger partial charge in [0.1, 0.15) is 5.78 Å². The van der Waals surface area contributed by atoms with Crippen LogP contribution in [0.4, 0.5) is 0 Å². The molecule has 0 N–H and O–H groups in total. The maximum absolute atomic E-state index is 11.8. The van der Waals surface area contributed by atoms with Gasteiger partial charge in [-0.2, -0.15) is 0 Å². The van der Waals surface area contributed by atoms with Crippen molar-refractivity contribution >= 4 is 5.78 Å². The van der Waals surface area contributed by atoms with Crippen molar-refractivity contribution in [2.75, 3.05) is 0 Å². The van der Waals surface area contributed by atoms with E-state index in [1.165, 1.54) is 6.42 Å². The van der Waals surface area contributed by atoms with Crippen molar-refractivity contribution in [3.8, 4) is 0 Å². The Morgan fingerprint density at radius 3 is 2.50 bits per heavy atom. The average Bonchev–Trinajstić information content (AvgIpc) is 2.36. The summed E-state index contributed by atoms with van der Waals surface area (Å²) < 4.78 is 0. The summed E-state index contributed by atoms with van der Waals surface area (Å²) in [6.07, 6.45) is 3.96. The molecule has 0 spiro atoms. The van der Waals surface area contributed by atoms with E-state index < -0.39 is 0 Å². The predicted octanol–water partition coefficient (Wildman–Crippen LogP) is 2.61. The first-order valence-corrected chi connectivity index (χ1v) is 4.87. The van der Waals surface area contributed by atoms with Gasteiger partial charge < -0.3 is 0 Å². The fourth-order valence-electron chi connectivity index (χ4n) is 3.36. The van der Waals surface area contributed by atoms with Gasteiger partial charge in [-0.15, -0.1) is 0 Å². The Labute approximate surface area is 74.5 Å². The SMILES string of the molecule is [CH2]CC12CCC(CC1=O)C2(C)C. The molecule has 2 fully saturated rings. The van der Waals surface area contributed by atoms with Gasteiger partial charge in [0, 0.05) is 11.8 Å². The van der Waals surface area contributed by atoms with Crippen molar-refractivity contribution in [3.05, 3.63) is 6.92 Å². The largest absolute Gasteiger partial charge is 0.299 e. The van der Waals surface area contributed by atoms with E-state index in [0.29, 0.717) is 11.7 Å². The molecule has 1 radical (unpaired) electrons. The lowest BCUT2D eigenvalue weighted by Crippen LogP contribution is -2.35. The zero-order valence-corrected chi connectivity index (χ0v) is 8.02. The quantitative estimate of drug-likeness (QED) is 0.583. The summed E-state index contributed by atoms with van der Waals surface area (Å²) in [5, 5.41) is 0. The Morgan fingerprint density at radius 2 is 2.25 bits per heavy atom. The fourth-order valence-corrected chi connectivity index (χ4v) is 3.36. The number of rotatable bonds is 1. The summed E-state index contributed by atoms with van der Waals surface area (Å²) in [4.78, 5) is 11.8. The fraction of sp³-hybridized carbons (Fsp3) is 0.818. The van der Waals surface area contributed by atoms with Crippen molar-refractivity contribution in [3.63, 3.8) is 0 Å². The van der Waals surface area contributed by atoms with E-state index in [-0.39, 0.29) is 10.8 Å². The zero-order valence-electron chi connectivity index (χ0n) is 8.02. The molecule has 67 valence electrons. The van der Waals surface area contributed by atoms with E-state index in [0.717, 1.165) is 19.3 Å². The lowest BCUT2D eigenvalue weighted by molar-refractivity contribution is -0.129.